The van der Waals surface area contributed by atoms with E-state index in [2.05, 4.69) is 5.32 Å². The predicted molar refractivity (Wildman–Crippen MR) is 86.9 cm³/mol. The number of hydrogen-bond acceptors (Lipinski definition) is 5. The minimum atomic E-state index is -3.47. The number of nitrogens with two attached hydrogens (primary N) is 1. The Kier molecular flexibility index (Phi) is 9.68. The summed E-state index contributed by atoms with van der Waals surface area (Å²) in [6.45, 7) is 3.84. The molecule has 0 saturated heterocycles. The van der Waals surface area contributed by atoms with Crippen molar-refractivity contribution in [2.24, 2.45) is 5.73 Å². The minimum Gasteiger partial charge on any atom is -0.368 e. The van der Waals surface area contributed by atoms with Crippen LogP contribution >= 0.6 is 11.8 Å². The van der Waals surface area contributed by atoms with Crippen molar-refractivity contribution in [1.82, 2.24) is 5.32 Å². The highest BCUT2D eigenvalue weighted by molar-refractivity contribution is 7.99. The van der Waals surface area contributed by atoms with Crippen LogP contribution < -0.4 is 11.1 Å². The topological polar surface area (TPSA) is 106 Å². The van der Waals surface area contributed by atoms with Gasteiger partial charge in [-0.25, -0.2) is 8.42 Å². The SMILES string of the molecule is CCCC(CCC)S(=O)(=O)C[C@H](NC(=O)CSC)C(N)=O. The summed E-state index contributed by atoms with van der Waals surface area (Å²) in [6, 6.07) is -1.16. The van der Waals surface area contributed by atoms with Gasteiger partial charge >= 0.3 is 0 Å². The Labute approximate surface area is 131 Å². The van der Waals surface area contributed by atoms with Crippen molar-refractivity contribution in [2.75, 3.05) is 17.8 Å². The molecule has 1 atom stereocenters. The van der Waals surface area contributed by atoms with Crippen molar-refractivity contribution in [3.8, 4) is 0 Å². The van der Waals surface area contributed by atoms with Crippen LogP contribution in [0.5, 0.6) is 0 Å². The number of carbonyl (C=O) groups is 2. The van der Waals surface area contributed by atoms with Crippen LogP contribution in [0.3, 0.4) is 0 Å². The van der Waals surface area contributed by atoms with Crippen molar-refractivity contribution in [3.05, 3.63) is 0 Å². The van der Waals surface area contributed by atoms with Crippen molar-refractivity contribution in [1.29, 1.82) is 0 Å². The Bertz CT molecular complexity index is 431. The highest BCUT2D eigenvalue weighted by Crippen LogP contribution is 2.16. The number of hydrogen-bond donors (Lipinski definition) is 2. The molecule has 0 unspecified atom stereocenters. The Morgan fingerprint density at radius 1 is 1.19 bits per heavy atom. The molecule has 21 heavy (non-hydrogen) atoms. The highest BCUT2D eigenvalue weighted by atomic mass is 32.2. The standard InChI is InChI=1S/C13H26N2O4S2/c1-4-6-10(7-5-2)21(18,19)9-11(13(14)17)15-12(16)8-20-3/h10-11H,4-9H2,1-3H3,(H2,14,17)(H,15,16)/t11-/m0/s1. The molecule has 2 amide bonds. The van der Waals surface area contributed by atoms with Gasteiger partial charge in [-0.15, -0.1) is 0 Å². The van der Waals surface area contributed by atoms with Gasteiger partial charge in [0.1, 0.15) is 6.04 Å². The Balaban J connectivity index is 4.95. The second kappa shape index (κ2) is 10.0. The normalized spacial score (nSPS) is 13.1. The maximum Gasteiger partial charge on any atom is 0.241 e. The lowest BCUT2D eigenvalue weighted by Crippen LogP contribution is -2.50. The van der Waals surface area contributed by atoms with E-state index in [1.807, 2.05) is 13.8 Å². The first-order valence-electron chi connectivity index (χ1n) is 7.07. The van der Waals surface area contributed by atoms with Gasteiger partial charge in [-0.1, -0.05) is 26.7 Å². The Morgan fingerprint density at radius 3 is 2.10 bits per heavy atom. The molecule has 0 aromatic heterocycles. The average molecular weight is 338 g/mol. The number of amides is 2. The molecule has 0 heterocycles. The maximum absolute atomic E-state index is 12.4. The lowest BCUT2D eigenvalue weighted by atomic mass is 10.2. The Hall–Kier alpha value is -0.760. The summed E-state index contributed by atoms with van der Waals surface area (Å²) < 4.78 is 24.8. The summed E-state index contributed by atoms with van der Waals surface area (Å²) in [5, 5.41) is 1.92. The molecule has 0 saturated carbocycles. The zero-order valence-electron chi connectivity index (χ0n) is 12.9. The van der Waals surface area contributed by atoms with E-state index < -0.39 is 32.8 Å². The van der Waals surface area contributed by atoms with Gasteiger partial charge < -0.3 is 11.1 Å². The summed E-state index contributed by atoms with van der Waals surface area (Å²) in [7, 11) is -3.47. The molecule has 0 bridgehead atoms. The average Bonchev–Trinajstić information content (AvgIpc) is 2.37. The van der Waals surface area contributed by atoms with Gasteiger partial charge in [0.2, 0.25) is 11.8 Å². The smallest absolute Gasteiger partial charge is 0.241 e. The van der Waals surface area contributed by atoms with E-state index in [9.17, 15) is 18.0 Å². The second-order valence-corrected chi connectivity index (χ2v) is 8.18. The van der Waals surface area contributed by atoms with Crippen LogP contribution in [0.15, 0.2) is 0 Å². The van der Waals surface area contributed by atoms with Crippen LogP contribution in [0.4, 0.5) is 0 Å². The lowest BCUT2D eigenvalue weighted by molar-refractivity contribution is -0.125. The van der Waals surface area contributed by atoms with Crippen molar-refractivity contribution in [2.45, 2.75) is 50.8 Å². The van der Waals surface area contributed by atoms with Gasteiger partial charge in [-0.3, -0.25) is 9.59 Å². The van der Waals surface area contributed by atoms with Crippen LogP contribution in [0.2, 0.25) is 0 Å². The molecular weight excluding hydrogens is 312 g/mol. The summed E-state index contributed by atoms with van der Waals surface area (Å²) in [5.41, 5.74) is 5.21. The fraction of sp³-hybridized carbons (Fsp3) is 0.846. The molecule has 0 fully saturated rings. The zero-order valence-corrected chi connectivity index (χ0v) is 14.6. The monoisotopic (exact) mass is 338 g/mol. The molecule has 3 N–H and O–H groups in total. The molecule has 0 aromatic carbocycles. The number of nitrogens with one attached hydrogen (secondary N) is 1. The summed E-state index contributed by atoms with van der Waals surface area (Å²) in [6.07, 6.45) is 4.36. The predicted octanol–water partition coefficient (Wildman–Crippen LogP) is 0.703. The fourth-order valence-electron chi connectivity index (χ4n) is 2.08. The number of thioether (sulfide) groups is 1. The van der Waals surface area contributed by atoms with E-state index in [0.29, 0.717) is 12.8 Å². The fourth-order valence-corrected chi connectivity index (χ4v) is 4.60. The van der Waals surface area contributed by atoms with Crippen molar-refractivity contribution >= 4 is 33.4 Å². The van der Waals surface area contributed by atoms with Crippen LogP contribution in [0, 0.1) is 0 Å². The van der Waals surface area contributed by atoms with E-state index >= 15 is 0 Å². The van der Waals surface area contributed by atoms with Crippen LogP contribution in [-0.2, 0) is 19.4 Å². The van der Waals surface area contributed by atoms with Crippen molar-refractivity contribution in [3.63, 3.8) is 0 Å². The molecule has 0 aliphatic heterocycles. The van der Waals surface area contributed by atoms with Gasteiger partial charge in [-0.05, 0) is 19.1 Å². The first-order valence-corrected chi connectivity index (χ1v) is 10.2. The molecule has 8 heteroatoms. The van der Waals surface area contributed by atoms with E-state index in [1.54, 1.807) is 6.26 Å². The van der Waals surface area contributed by atoms with Crippen LogP contribution in [0.25, 0.3) is 0 Å². The molecular formula is C13H26N2O4S2. The number of carbonyl (C=O) groups excluding carboxylic acids is 2. The van der Waals surface area contributed by atoms with Gasteiger partial charge in [0.15, 0.2) is 9.84 Å². The third-order valence-corrected chi connectivity index (χ3v) is 5.92. The van der Waals surface area contributed by atoms with Crippen LogP contribution in [-0.4, -0.2) is 49.3 Å². The van der Waals surface area contributed by atoms with E-state index in [1.165, 1.54) is 11.8 Å². The third kappa shape index (κ3) is 7.71. The number of rotatable bonds is 11. The molecule has 0 spiro atoms. The Morgan fingerprint density at radius 2 is 1.71 bits per heavy atom. The summed E-state index contributed by atoms with van der Waals surface area (Å²) >= 11 is 1.29. The highest BCUT2D eigenvalue weighted by Gasteiger charge is 2.30. The zero-order chi connectivity index (χ0) is 16.5. The van der Waals surface area contributed by atoms with Gasteiger partial charge in [-0.2, -0.15) is 11.8 Å². The lowest BCUT2D eigenvalue weighted by Gasteiger charge is -2.20. The molecule has 6 nitrogen and oxygen atoms in total. The summed E-state index contributed by atoms with van der Waals surface area (Å²) in [4.78, 5) is 22.9. The van der Waals surface area contributed by atoms with Crippen LogP contribution in [0.1, 0.15) is 39.5 Å². The molecule has 0 aromatic rings. The van der Waals surface area contributed by atoms with E-state index in [0.717, 1.165) is 12.8 Å². The number of sulfone groups is 1. The molecule has 0 rings (SSSR count). The van der Waals surface area contributed by atoms with E-state index in [4.69, 9.17) is 5.73 Å². The van der Waals surface area contributed by atoms with Crippen molar-refractivity contribution < 1.29 is 18.0 Å². The molecule has 0 radical (unpaired) electrons. The van der Waals surface area contributed by atoms with E-state index in [-0.39, 0.29) is 11.7 Å². The number of primary amides is 1. The molecule has 0 aliphatic carbocycles. The first-order chi connectivity index (χ1) is 9.78. The van der Waals surface area contributed by atoms with Gasteiger partial charge in [0, 0.05) is 0 Å². The van der Waals surface area contributed by atoms with Gasteiger partial charge in [0.05, 0.1) is 16.8 Å². The first kappa shape index (κ1) is 20.2. The maximum atomic E-state index is 12.4. The van der Waals surface area contributed by atoms with Gasteiger partial charge in [0.25, 0.3) is 0 Å². The second-order valence-electron chi connectivity index (χ2n) is 4.98. The quantitative estimate of drug-likeness (QED) is 0.577. The largest absolute Gasteiger partial charge is 0.368 e. The third-order valence-electron chi connectivity index (χ3n) is 3.08. The minimum absolute atomic E-state index is 0.164. The summed E-state index contributed by atoms with van der Waals surface area (Å²) in [5.74, 6) is -1.46. The molecule has 0 aliphatic rings. The molecule has 124 valence electrons.